The minimum absolute atomic E-state index is 0.0504. The van der Waals surface area contributed by atoms with E-state index < -0.39 is 34.1 Å². The SMILES string of the molecule is CCCS(=O)(=O)Nc1ccccc1C(=O)N1CC(C(=O)O)O[C@H](C)C1. The first kappa shape index (κ1) is 19.2. The monoisotopic (exact) mass is 370 g/mol. The van der Waals surface area contributed by atoms with Gasteiger partial charge in [0.1, 0.15) is 0 Å². The number of morpholine rings is 1. The third kappa shape index (κ3) is 4.93. The van der Waals surface area contributed by atoms with Gasteiger partial charge in [0, 0.05) is 6.54 Å². The number of carboxylic acid groups (broad SMARTS) is 1. The number of benzene rings is 1. The lowest BCUT2D eigenvalue weighted by Gasteiger charge is -2.35. The summed E-state index contributed by atoms with van der Waals surface area (Å²) >= 11 is 0. The Morgan fingerprint density at radius 1 is 1.32 bits per heavy atom. The predicted octanol–water partition coefficient (Wildman–Crippen LogP) is 1.15. The number of carbonyl (C=O) groups is 2. The van der Waals surface area contributed by atoms with E-state index in [9.17, 15) is 18.0 Å². The van der Waals surface area contributed by atoms with Crippen molar-refractivity contribution in [2.75, 3.05) is 23.6 Å². The van der Waals surface area contributed by atoms with Crippen LogP contribution in [0.2, 0.25) is 0 Å². The fourth-order valence-electron chi connectivity index (χ4n) is 2.67. The van der Waals surface area contributed by atoms with Crippen molar-refractivity contribution in [3.05, 3.63) is 29.8 Å². The van der Waals surface area contributed by atoms with Gasteiger partial charge in [-0.1, -0.05) is 19.1 Å². The van der Waals surface area contributed by atoms with Gasteiger partial charge in [-0.25, -0.2) is 13.2 Å². The third-order valence-electron chi connectivity index (χ3n) is 3.72. The minimum Gasteiger partial charge on any atom is -0.479 e. The van der Waals surface area contributed by atoms with Gasteiger partial charge >= 0.3 is 5.97 Å². The second-order valence-electron chi connectivity index (χ2n) is 5.95. The lowest BCUT2D eigenvalue weighted by molar-refractivity contribution is -0.160. The maximum atomic E-state index is 12.8. The number of hydrogen-bond donors (Lipinski definition) is 2. The normalized spacial score (nSPS) is 21.0. The number of nitrogens with zero attached hydrogens (tertiary/aromatic N) is 1. The number of nitrogens with one attached hydrogen (secondary N) is 1. The Labute approximate surface area is 146 Å². The zero-order chi connectivity index (χ0) is 18.6. The lowest BCUT2D eigenvalue weighted by Crippen LogP contribution is -2.51. The number of amides is 1. The smallest absolute Gasteiger partial charge is 0.334 e. The molecule has 1 aromatic carbocycles. The number of hydrogen-bond acceptors (Lipinski definition) is 5. The molecule has 2 rings (SSSR count). The average Bonchev–Trinajstić information content (AvgIpc) is 2.53. The van der Waals surface area contributed by atoms with Crippen molar-refractivity contribution in [3.63, 3.8) is 0 Å². The van der Waals surface area contributed by atoms with Crippen molar-refractivity contribution >= 4 is 27.6 Å². The van der Waals surface area contributed by atoms with Gasteiger partial charge in [0.25, 0.3) is 5.91 Å². The molecule has 1 unspecified atom stereocenters. The van der Waals surface area contributed by atoms with Gasteiger partial charge in [-0.15, -0.1) is 0 Å². The van der Waals surface area contributed by atoms with E-state index in [2.05, 4.69) is 4.72 Å². The van der Waals surface area contributed by atoms with E-state index in [1.807, 2.05) is 0 Å². The number of ether oxygens (including phenoxy) is 1. The number of aliphatic carboxylic acids is 1. The Morgan fingerprint density at radius 3 is 2.64 bits per heavy atom. The Morgan fingerprint density at radius 2 is 2.00 bits per heavy atom. The molecule has 0 aromatic heterocycles. The van der Waals surface area contributed by atoms with Crippen LogP contribution >= 0.6 is 0 Å². The number of para-hydroxylation sites is 1. The van der Waals surface area contributed by atoms with Crippen molar-refractivity contribution in [3.8, 4) is 0 Å². The molecule has 1 aromatic rings. The molecule has 1 aliphatic heterocycles. The number of sulfonamides is 1. The molecular weight excluding hydrogens is 348 g/mol. The molecule has 25 heavy (non-hydrogen) atoms. The molecule has 0 bridgehead atoms. The molecule has 2 N–H and O–H groups in total. The molecule has 0 aliphatic carbocycles. The summed E-state index contributed by atoms with van der Waals surface area (Å²) in [7, 11) is -3.55. The summed E-state index contributed by atoms with van der Waals surface area (Å²) in [6.07, 6.45) is -1.08. The van der Waals surface area contributed by atoms with Crippen LogP contribution in [0.1, 0.15) is 30.6 Å². The Balaban J connectivity index is 2.26. The molecule has 0 radical (unpaired) electrons. The number of rotatable bonds is 6. The van der Waals surface area contributed by atoms with Crippen LogP contribution in [-0.4, -0.2) is 61.4 Å². The largest absolute Gasteiger partial charge is 0.479 e. The van der Waals surface area contributed by atoms with Gasteiger partial charge in [0.05, 0.1) is 29.7 Å². The van der Waals surface area contributed by atoms with Crippen LogP contribution in [0, 0.1) is 0 Å². The summed E-state index contributed by atoms with van der Waals surface area (Å²) in [6.45, 7) is 3.58. The minimum atomic E-state index is -3.55. The molecule has 8 nitrogen and oxygen atoms in total. The highest BCUT2D eigenvalue weighted by Gasteiger charge is 2.33. The van der Waals surface area contributed by atoms with Crippen LogP contribution < -0.4 is 4.72 Å². The van der Waals surface area contributed by atoms with E-state index in [0.717, 1.165) is 0 Å². The van der Waals surface area contributed by atoms with Crippen LogP contribution in [-0.2, 0) is 19.6 Å². The summed E-state index contributed by atoms with van der Waals surface area (Å²) in [6, 6.07) is 6.28. The summed E-state index contributed by atoms with van der Waals surface area (Å²) in [5, 5.41) is 9.14. The van der Waals surface area contributed by atoms with E-state index in [0.29, 0.717) is 6.42 Å². The third-order valence-corrected chi connectivity index (χ3v) is 5.20. The molecule has 1 amide bonds. The van der Waals surface area contributed by atoms with Gasteiger partial charge in [0.15, 0.2) is 6.10 Å². The molecule has 1 fully saturated rings. The number of carbonyl (C=O) groups excluding carboxylic acids is 1. The van der Waals surface area contributed by atoms with Crippen LogP contribution in [0.3, 0.4) is 0 Å². The molecule has 9 heteroatoms. The quantitative estimate of drug-likeness (QED) is 0.777. The van der Waals surface area contributed by atoms with Crippen molar-refractivity contribution in [1.82, 2.24) is 4.90 Å². The fraction of sp³-hybridized carbons (Fsp3) is 0.500. The topological polar surface area (TPSA) is 113 Å². The highest BCUT2D eigenvalue weighted by atomic mass is 32.2. The molecule has 1 heterocycles. The van der Waals surface area contributed by atoms with Crippen molar-refractivity contribution < 1.29 is 27.9 Å². The van der Waals surface area contributed by atoms with Crippen molar-refractivity contribution in [1.29, 1.82) is 0 Å². The van der Waals surface area contributed by atoms with Crippen LogP contribution in [0.5, 0.6) is 0 Å². The summed E-state index contributed by atoms with van der Waals surface area (Å²) in [4.78, 5) is 25.4. The lowest BCUT2D eigenvalue weighted by atomic mass is 10.1. The second kappa shape index (κ2) is 7.83. The van der Waals surface area contributed by atoms with E-state index >= 15 is 0 Å². The Bertz CT molecular complexity index is 749. The van der Waals surface area contributed by atoms with Crippen LogP contribution in [0.15, 0.2) is 24.3 Å². The molecule has 2 atom stereocenters. The van der Waals surface area contributed by atoms with Gasteiger partial charge in [-0.05, 0) is 25.5 Å². The summed E-state index contributed by atoms with van der Waals surface area (Å²) in [5.41, 5.74) is 0.368. The van der Waals surface area contributed by atoms with E-state index in [1.165, 1.54) is 17.0 Å². The Hall–Kier alpha value is -2.13. The zero-order valence-corrected chi connectivity index (χ0v) is 15.0. The Kier molecular flexibility index (Phi) is 6.02. The maximum absolute atomic E-state index is 12.8. The number of carboxylic acids is 1. The number of anilines is 1. The summed E-state index contributed by atoms with van der Waals surface area (Å²) < 4.78 is 31.8. The molecule has 138 valence electrons. The molecule has 1 saturated heterocycles. The molecular formula is C16H22N2O6S. The van der Waals surface area contributed by atoms with E-state index in [-0.39, 0.29) is 30.1 Å². The average molecular weight is 370 g/mol. The van der Waals surface area contributed by atoms with Gasteiger partial charge < -0.3 is 14.7 Å². The standard InChI is InChI=1S/C16H22N2O6S/c1-3-8-25(22,23)17-13-7-5-4-6-12(13)15(19)18-9-11(2)24-14(10-18)16(20)21/h4-7,11,14,17H,3,8-10H2,1-2H3,(H,20,21)/t11-,14?/m1/s1. The summed E-state index contributed by atoms with van der Waals surface area (Å²) in [5.74, 6) is -1.62. The van der Waals surface area contributed by atoms with Crippen molar-refractivity contribution in [2.45, 2.75) is 32.5 Å². The van der Waals surface area contributed by atoms with Gasteiger partial charge in [0.2, 0.25) is 10.0 Å². The molecule has 0 saturated carbocycles. The highest BCUT2D eigenvalue weighted by Crippen LogP contribution is 2.21. The van der Waals surface area contributed by atoms with Crippen LogP contribution in [0.4, 0.5) is 5.69 Å². The first-order valence-electron chi connectivity index (χ1n) is 8.00. The van der Waals surface area contributed by atoms with Gasteiger partial charge in [-0.3, -0.25) is 9.52 Å². The molecule has 1 aliphatic rings. The van der Waals surface area contributed by atoms with E-state index in [4.69, 9.17) is 9.84 Å². The van der Waals surface area contributed by atoms with Gasteiger partial charge in [-0.2, -0.15) is 0 Å². The zero-order valence-electron chi connectivity index (χ0n) is 14.1. The predicted molar refractivity (Wildman–Crippen MR) is 92.0 cm³/mol. The second-order valence-corrected chi connectivity index (χ2v) is 7.79. The van der Waals surface area contributed by atoms with E-state index in [1.54, 1.807) is 26.0 Å². The fourth-order valence-corrected chi connectivity index (χ4v) is 3.82. The van der Waals surface area contributed by atoms with Crippen LogP contribution in [0.25, 0.3) is 0 Å². The van der Waals surface area contributed by atoms with Crippen molar-refractivity contribution in [2.24, 2.45) is 0 Å². The first-order valence-corrected chi connectivity index (χ1v) is 9.65. The highest BCUT2D eigenvalue weighted by molar-refractivity contribution is 7.92. The molecule has 0 spiro atoms. The maximum Gasteiger partial charge on any atom is 0.334 e. The first-order chi connectivity index (χ1) is 11.7.